The summed E-state index contributed by atoms with van der Waals surface area (Å²) in [5.74, 6) is -2.34. The van der Waals surface area contributed by atoms with Gasteiger partial charge >= 0.3 is 0 Å². The van der Waals surface area contributed by atoms with Gasteiger partial charge in [0.15, 0.2) is 5.82 Å². The van der Waals surface area contributed by atoms with Gasteiger partial charge in [-0.3, -0.25) is 4.79 Å². The highest BCUT2D eigenvalue weighted by Gasteiger charge is 2.25. The molecule has 0 fully saturated rings. The van der Waals surface area contributed by atoms with E-state index in [0.29, 0.717) is 22.7 Å². The number of hydrogen-bond donors (Lipinski definition) is 3. The number of tetrazole rings is 1. The zero-order valence-electron chi connectivity index (χ0n) is 17.0. The van der Waals surface area contributed by atoms with Crippen LogP contribution < -0.4 is 11.1 Å². The Bertz CT molecular complexity index is 1530. The van der Waals surface area contributed by atoms with Gasteiger partial charge in [-0.25, -0.2) is 18.7 Å². The molecule has 12 heteroatoms. The molecule has 0 atom stereocenters. The third-order valence-corrected chi connectivity index (χ3v) is 4.95. The summed E-state index contributed by atoms with van der Waals surface area (Å²) in [6.45, 7) is 0. The molecule has 0 aliphatic rings. The molecule has 10 nitrogen and oxygen atoms in total. The van der Waals surface area contributed by atoms with Crippen LogP contribution in [0.1, 0.15) is 15.9 Å². The molecule has 0 aliphatic carbocycles. The minimum Gasteiger partial charge on any atom is -0.396 e. The number of H-pyrrole nitrogens is 1. The number of rotatable bonds is 5. The summed E-state index contributed by atoms with van der Waals surface area (Å²) in [4.78, 5) is 25.6. The molecule has 2 aromatic carbocycles. The van der Waals surface area contributed by atoms with Crippen LogP contribution in [0.15, 0.2) is 48.9 Å². The topological polar surface area (TPSA) is 140 Å². The summed E-state index contributed by atoms with van der Waals surface area (Å²) in [6.07, 6.45) is 2.63. The number of hydrogen-bond acceptors (Lipinski definition) is 8. The molecule has 0 bridgehead atoms. The molecule has 0 saturated heterocycles. The maximum atomic E-state index is 14.5. The highest BCUT2D eigenvalue weighted by Crippen LogP contribution is 2.30. The monoisotopic (exact) mass is 447 g/mol. The first-order valence-electron chi connectivity index (χ1n) is 9.64. The summed E-state index contributed by atoms with van der Waals surface area (Å²) in [5.41, 5.74) is 6.07. The maximum Gasteiger partial charge on any atom is 0.204 e. The van der Waals surface area contributed by atoms with Gasteiger partial charge in [0.1, 0.15) is 23.6 Å². The number of nitrogen functional groups attached to an aromatic ring is 1. The largest absolute Gasteiger partial charge is 0.396 e. The lowest BCUT2D eigenvalue weighted by Crippen LogP contribution is -2.10. The molecule has 3 heterocycles. The quantitative estimate of drug-likeness (QED) is 0.276. The van der Waals surface area contributed by atoms with Crippen molar-refractivity contribution in [3.8, 4) is 11.4 Å². The molecule has 5 aromatic rings. The average molecular weight is 447 g/mol. The number of anilines is 3. The second kappa shape index (κ2) is 7.75. The Kier molecular flexibility index (Phi) is 4.74. The third-order valence-electron chi connectivity index (χ3n) is 4.95. The first kappa shape index (κ1) is 20.2. The molecule has 0 saturated carbocycles. The Balaban J connectivity index is 1.57. The fourth-order valence-corrected chi connectivity index (χ4v) is 3.42. The highest BCUT2D eigenvalue weighted by atomic mass is 19.1. The summed E-state index contributed by atoms with van der Waals surface area (Å²) in [7, 11) is 1.66. The van der Waals surface area contributed by atoms with Crippen molar-refractivity contribution in [1.82, 2.24) is 35.2 Å². The van der Waals surface area contributed by atoms with Gasteiger partial charge < -0.3 is 16.0 Å². The van der Waals surface area contributed by atoms with Crippen molar-refractivity contribution in [3.63, 3.8) is 0 Å². The number of fused-ring (bicyclic) bond motifs is 1. The molecule has 164 valence electrons. The second-order valence-corrected chi connectivity index (χ2v) is 7.11. The predicted molar refractivity (Wildman–Crippen MR) is 116 cm³/mol. The zero-order valence-corrected chi connectivity index (χ0v) is 17.0. The van der Waals surface area contributed by atoms with Crippen molar-refractivity contribution < 1.29 is 13.6 Å². The van der Waals surface area contributed by atoms with Crippen molar-refractivity contribution in [2.75, 3.05) is 11.1 Å². The van der Waals surface area contributed by atoms with Crippen molar-refractivity contribution in [3.05, 3.63) is 71.7 Å². The number of aryl methyl sites for hydroxylation is 1. The van der Waals surface area contributed by atoms with Gasteiger partial charge in [-0.05, 0) is 29.5 Å². The number of nitrogens with zero attached hydrogens (tertiary/aromatic N) is 6. The van der Waals surface area contributed by atoms with Gasteiger partial charge in [-0.15, -0.1) is 10.2 Å². The van der Waals surface area contributed by atoms with E-state index >= 15 is 0 Å². The smallest absolute Gasteiger partial charge is 0.204 e. The molecule has 5 rings (SSSR count). The summed E-state index contributed by atoms with van der Waals surface area (Å²) in [6, 6.07) is 9.16. The second-order valence-electron chi connectivity index (χ2n) is 7.11. The van der Waals surface area contributed by atoms with Gasteiger partial charge in [0.25, 0.3) is 0 Å². The van der Waals surface area contributed by atoms with Crippen LogP contribution in [0.2, 0.25) is 0 Å². The van der Waals surface area contributed by atoms with E-state index in [9.17, 15) is 13.6 Å². The van der Waals surface area contributed by atoms with E-state index < -0.39 is 23.0 Å². The van der Waals surface area contributed by atoms with Crippen molar-refractivity contribution in [1.29, 1.82) is 0 Å². The third kappa shape index (κ3) is 3.52. The van der Waals surface area contributed by atoms with Gasteiger partial charge in [0.2, 0.25) is 11.6 Å². The van der Waals surface area contributed by atoms with Crippen LogP contribution in [0, 0.1) is 11.6 Å². The minimum absolute atomic E-state index is 0.0109. The number of ketones is 1. The van der Waals surface area contributed by atoms with E-state index in [0.717, 1.165) is 12.1 Å². The summed E-state index contributed by atoms with van der Waals surface area (Å²) < 4.78 is 28.8. The van der Waals surface area contributed by atoms with Crippen LogP contribution in [-0.4, -0.2) is 40.9 Å². The number of carbonyl (C=O) groups is 1. The standard InChI is InChI=1S/C21H15F2N9O/c1-32-30-19(29-31-32)10-3-2-4-11(7-10)28-21-15-12(8-25-20(15)26-9-27-21)18(33)16-13(22)5-6-14(24)17(16)23/h2-9H,24H2,1H3,(H2,25,26,27,28). The van der Waals surface area contributed by atoms with E-state index in [2.05, 4.69) is 35.7 Å². The average Bonchev–Trinajstić information content (AvgIpc) is 3.44. The predicted octanol–water partition coefficient (Wildman–Crippen LogP) is 2.98. The molecular weight excluding hydrogens is 432 g/mol. The Morgan fingerprint density at radius 3 is 2.82 bits per heavy atom. The Morgan fingerprint density at radius 1 is 1.18 bits per heavy atom. The molecule has 33 heavy (non-hydrogen) atoms. The fourth-order valence-electron chi connectivity index (χ4n) is 3.42. The van der Waals surface area contributed by atoms with Crippen LogP contribution in [0.5, 0.6) is 0 Å². The van der Waals surface area contributed by atoms with E-state index in [-0.39, 0.29) is 22.5 Å². The molecule has 3 aromatic heterocycles. The lowest BCUT2D eigenvalue weighted by atomic mass is 10.0. The molecule has 0 spiro atoms. The summed E-state index contributed by atoms with van der Waals surface area (Å²) >= 11 is 0. The lowest BCUT2D eigenvalue weighted by Gasteiger charge is -2.10. The maximum absolute atomic E-state index is 14.5. The zero-order chi connectivity index (χ0) is 23.1. The Hall–Kier alpha value is -4.74. The van der Waals surface area contributed by atoms with Gasteiger partial charge in [0.05, 0.1) is 29.2 Å². The van der Waals surface area contributed by atoms with Crippen molar-refractivity contribution in [2.24, 2.45) is 7.05 Å². The SMILES string of the molecule is Cn1nnc(-c2cccc(Nc3ncnc4[nH]cc(C(=O)c5c(F)ccc(N)c5F)c34)c2)n1. The number of aromatic amines is 1. The van der Waals surface area contributed by atoms with Crippen LogP contribution >= 0.6 is 0 Å². The van der Waals surface area contributed by atoms with E-state index in [1.165, 1.54) is 17.3 Å². The van der Waals surface area contributed by atoms with Crippen molar-refractivity contribution >= 4 is 34.0 Å². The first-order valence-corrected chi connectivity index (χ1v) is 9.64. The van der Waals surface area contributed by atoms with E-state index in [1.807, 2.05) is 6.07 Å². The van der Waals surface area contributed by atoms with Crippen LogP contribution in [0.3, 0.4) is 0 Å². The molecule has 4 N–H and O–H groups in total. The molecule has 0 unspecified atom stereocenters. The number of carbonyl (C=O) groups excluding carboxylic acids is 1. The van der Waals surface area contributed by atoms with Crippen LogP contribution in [-0.2, 0) is 7.05 Å². The Morgan fingerprint density at radius 2 is 2.03 bits per heavy atom. The Labute approximate surface area is 184 Å². The highest BCUT2D eigenvalue weighted by molar-refractivity contribution is 6.18. The summed E-state index contributed by atoms with van der Waals surface area (Å²) in [5, 5.41) is 15.4. The number of benzene rings is 2. The van der Waals surface area contributed by atoms with E-state index in [4.69, 9.17) is 5.73 Å². The number of halogens is 2. The minimum atomic E-state index is -1.12. The van der Waals surface area contributed by atoms with Gasteiger partial charge in [0, 0.05) is 17.4 Å². The number of nitrogens with two attached hydrogens (primary N) is 1. The fraction of sp³-hybridized carbons (Fsp3) is 0.0476. The van der Waals surface area contributed by atoms with E-state index in [1.54, 1.807) is 25.2 Å². The van der Waals surface area contributed by atoms with Crippen LogP contribution in [0.4, 0.5) is 26.0 Å². The molecule has 0 amide bonds. The first-order chi connectivity index (χ1) is 15.9. The lowest BCUT2D eigenvalue weighted by molar-refractivity contribution is 0.103. The van der Waals surface area contributed by atoms with Gasteiger partial charge in [-0.1, -0.05) is 12.1 Å². The van der Waals surface area contributed by atoms with Crippen molar-refractivity contribution in [2.45, 2.75) is 0 Å². The normalized spacial score (nSPS) is 11.1. The molecule has 0 radical (unpaired) electrons. The molecular formula is C21H15F2N9O. The number of nitrogens with one attached hydrogen (secondary N) is 2. The van der Waals surface area contributed by atoms with Crippen LogP contribution in [0.25, 0.3) is 22.4 Å². The van der Waals surface area contributed by atoms with Gasteiger partial charge in [-0.2, -0.15) is 4.80 Å². The molecule has 0 aliphatic heterocycles. The number of aromatic nitrogens is 7.